The van der Waals surface area contributed by atoms with Crippen molar-refractivity contribution in [2.75, 3.05) is 0 Å². The van der Waals surface area contributed by atoms with Gasteiger partial charge in [0.05, 0.1) is 16.4 Å². The monoisotopic (exact) mass is 367 g/mol. The zero-order valence-electron chi connectivity index (χ0n) is 15.4. The van der Waals surface area contributed by atoms with Crippen LogP contribution in [0.5, 0.6) is 0 Å². The second-order valence-corrected chi connectivity index (χ2v) is 7.11. The van der Waals surface area contributed by atoms with Crippen molar-refractivity contribution in [3.05, 3.63) is 70.4 Å². The van der Waals surface area contributed by atoms with Gasteiger partial charge in [-0.15, -0.1) is 0 Å². The van der Waals surface area contributed by atoms with Crippen LogP contribution in [-0.2, 0) is 0 Å². The lowest BCUT2D eigenvalue weighted by Gasteiger charge is -2.11. The van der Waals surface area contributed by atoms with E-state index in [0.29, 0.717) is 16.4 Å². The number of para-hydroxylation sites is 1. The maximum atomic E-state index is 12.7. The first-order valence-corrected chi connectivity index (χ1v) is 8.98. The van der Waals surface area contributed by atoms with Crippen molar-refractivity contribution in [1.82, 2.24) is 15.1 Å². The molecule has 4 nitrogen and oxygen atoms in total. The zero-order chi connectivity index (χ0) is 18.8. The molecule has 0 aliphatic carbocycles. The van der Waals surface area contributed by atoms with E-state index in [0.717, 1.165) is 11.3 Å². The van der Waals surface area contributed by atoms with Crippen LogP contribution >= 0.6 is 11.6 Å². The molecule has 0 spiro atoms. The Kier molecular flexibility index (Phi) is 5.14. The number of nitrogens with zero attached hydrogens (tertiary/aromatic N) is 2. The van der Waals surface area contributed by atoms with E-state index >= 15 is 0 Å². The predicted octanol–water partition coefficient (Wildman–Crippen LogP) is 4.95. The highest BCUT2D eigenvalue weighted by molar-refractivity contribution is 6.32. The minimum absolute atomic E-state index is 0.0298. The van der Waals surface area contributed by atoms with Gasteiger partial charge in [0.1, 0.15) is 5.69 Å². The molecule has 5 heteroatoms. The number of nitrogens with one attached hydrogen (secondary N) is 1. The summed E-state index contributed by atoms with van der Waals surface area (Å²) < 4.78 is 1.62. The predicted molar refractivity (Wildman–Crippen MR) is 106 cm³/mol. The van der Waals surface area contributed by atoms with Gasteiger partial charge in [0, 0.05) is 11.6 Å². The van der Waals surface area contributed by atoms with Crippen LogP contribution < -0.4 is 5.32 Å². The van der Waals surface area contributed by atoms with Crippen LogP contribution in [0.15, 0.2) is 48.5 Å². The molecule has 1 aromatic heterocycles. The minimum atomic E-state index is -0.178. The molecule has 0 atom stereocenters. The van der Waals surface area contributed by atoms with Crippen molar-refractivity contribution >= 4 is 17.5 Å². The number of carbonyl (C=O) groups is 1. The maximum Gasteiger partial charge on any atom is 0.270 e. The molecule has 1 heterocycles. The normalized spacial score (nSPS) is 11.0. The molecule has 1 amide bonds. The summed E-state index contributed by atoms with van der Waals surface area (Å²) in [5, 5.41) is 8.16. The Bertz CT molecular complexity index is 960. The summed E-state index contributed by atoms with van der Waals surface area (Å²) in [6.07, 6.45) is 0. The van der Waals surface area contributed by atoms with Crippen LogP contribution in [0.4, 0.5) is 0 Å². The number of carbonyl (C=O) groups excluding carboxylic acids is 1. The van der Waals surface area contributed by atoms with Crippen LogP contribution in [0.1, 0.15) is 35.5 Å². The highest BCUT2D eigenvalue weighted by Crippen LogP contribution is 2.26. The molecule has 1 N–H and O–H groups in total. The first-order chi connectivity index (χ1) is 12.4. The SMILES string of the molecule is Cc1ccc(-c2cc(C(=O)NC(C)C)n(-c3ccccc3Cl)n2)cc1C. The zero-order valence-corrected chi connectivity index (χ0v) is 16.1. The Hall–Kier alpha value is -2.59. The fraction of sp³-hybridized carbons (Fsp3) is 0.238. The molecule has 3 rings (SSSR count). The van der Waals surface area contributed by atoms with Gasteiger partial charge < -0.3 is 5.32 Å². The molecule has 0 radical (unpaired) electrons. The summed E-state index contributed by atoms with van der Waals surface area (Å²) >= 11 is 6.35. The third kappa shape index (κ3) is 3.65. The lowest BCUT2D eigenvalue weighted by atomic mass is 10.0. The Morgan fingerprint density at radius 2 is 1.81 bits per heavy atom. The lowest BCUT2D eigenvalue weighted by Crippen LogP contribution is -2.31. The van der Waals surface area contributed by atoms with Crippen LogP contribution in [0.2, 0.25) is 5.02 Å². The van der Waals surface area contributed by atoms with E-state index in [1.165, 1.54) is 11.1 Å². The summed E-state index contributed by atoms with van der Waals surface area (Å²) in [7, 11) is 0. The highest BCUT2D eigenvalue weighted by Gasteiger charge is 2.19. The van der Waals surface area contributed by atoms with Crippen molar-refractivity contribution in [1.29, 1.82) is 0 Å². The van der Waals surface area contributed by atoms with Gasteiger partial charge in [-0.05, 0) is 63.1 Å². The number of hydrogen-bond acceptors (Lipinski definition) is 2. The molecular weight excluding hydrogens is 346 g/mol. The van der Waals surface area contributed by atoms with E-state index in [-0.39, 0.29) is 11.9 Å². The van der Waals surface area contributed by atoms with Crippen LogP contribution in [-0.4, -0.2) is 21.7 Å². The van der Waals surface area contributed by atoms with E-state index in [1.54, 1.807) is 10.7 Å². The summed E-state index contributed by atoms with van der Waals surface area (Å²) in [6.45, 7) is 8.00. The molecule has 0 saturated heterocycles. The molecule has 3 aromatic rings. The lowest BCUT2D eigenvalue weighted by molar-refractivity contribution is 0.0935. The fourth-order valence-corrected chi connectivity index (χ4v) is 2.94. The van der Waals surface area contributed by atoms with Gasteiger partial charge in [0.15, 0.2) is 0 Å². The molecule has 134 valence electrons. The molecular formula is C21H22ClN3O. The number of aryl methyl sites for hydroxylation is 2. The fourth-order valence-electron chi connectivity index (χ4n) is 2.73. The van der Waals surface area contributed by atoms with Gasteiger partial charge in [-0.3, -0.25) is 4.79 Å². The van der Waals surface area contributed by atoms with E-state index in [1.807, 2.05) is 44.2 Å². The number of rotatable bonds is 4. The second kappa shape index (κ2) is 7.34. The quantitative estimate of drug-likeness (QED) is 0.709. The minimum Gasteiger partial charge on any atom is -0.349 e. The Balaban J connectivity index is 2.15. The third-order valence-corrected chi connectivity index (χ3v) is 4.56. The van der Waals surface area contributed by atoms with Gasteiger partial charge in [-0.25, -0.2) is 4.68 Å². The molecule has 0 aliphatic heterocycles. The molecule has 0 aliphatic rings. The molecule has 26 heavy (non-hydrogen) atoms. The standard InChI is InChI=1S/C21H22ClN3O/c1-13(2)23-21(26)20-12-18(16-10-9-14(3)15(4)11-16)24-25(20)19-8-6-5-7-17(19)22/h5-13H,1-4H3,(H,23,26). The van der Waals surface area contributed by atoms with Gasteiger partial charge in [0.25, 0.3) is 5.91 Å². The summed E-state index contributed by atoms with van der Waals surface area (Å²) in [6, 6.07) is 15.4. The Morgan fingerprint density at radius 3 is 2.46 bits per heavy atom. The van der Waals surface area contributed by atoms with Crippen molar-refractivity contribution in [2.45, 2.75) is 33.7 Å². The Labute approximate surface area is 158 Å². The van der Waals surface area contributed by atoms with Gasteiger partial charge in [0.2, 0.25) is 0 Å². The number of aromatic nitrogens is 2. The molecule has 0 fully saturated rings. The van der Waals surface area contributed by atoms with E-state index < -0.39 is 0 Å². The third-order valence-electron chi connectivity index (χ3n) is 4.25. The number of amides is 1. The van der Waals surface area contributed by atoms with Crippen molar-refractivity contribution in [2.24, 2.45) is 0 Å². The smallest absolute Gasteiger partial charge is 0.270 e. The van der Waals surface area contributed by atoms with Gasteiger partial charge in [-0.2, -0.15) is 5.10 Å². The molecule has 0 saturated carbocycles. The average molecular weight is 368 g/mol. The first kappa shape index (κ1) is 18.2. The van der Waals surface area contributed by atoms with Crippen molar-refractivity contribution in [3.63, 3.8) is 0 Å². The maximum absolute atomic E-state index is 12.7. The van der Waals surface area contributed by atoms with Crippen LogP contribution in [0.3, 0.4) is 0 Å². The van der Waals surface area contributed by atoms with Gasteiger partial charge >= 0.3 is 0 Å². The summed E-state index contributed by atoms with van der Waals surface area (Å²) in [5.41, 5.74) is 5.25. The average Bonchev–Trinajstić information content (AvgIpc) is 3.02. The second-order valence-electron chi connectivity index (χ2n) is 6.71. The van der Waals surface area contributed by atoms with Crippen molar-refractivity contribution in [3.8, 4) is 16.9 Å². The molecule has 2 aromatic carbocycles. The topological polar surface area (TPSA) is 46.9 Å². The summed E-state index contributed by atoms with van der Waals surface area (Å²) in [5.74, 6) is -0.178. The molecule has 0 unspecified atom stereocenters. The first-order valence-electron chi connectivity index (χ1n) is 8.60. The van der Waals surface area contributed by atoms with E-state index in [2.05, 4.69) is 36.4 Å². The van der Waals surface area contributed by atoms with Crippen LogP contribution in [0, 0.1) is 13.8 Å². The largest absolute Gasteiger partial charge is 0.349 e. The highest BCUT2D eigenvalue weighted by atomic mass is 35.5. The number of hydrogen-bond donors (Lipinski definition) is 1. The van der Waals surface area contributed by atoms with E-state index in [9.17, 15) is 4.79 Å². The molecule has 0 bridgehead atoms. The van der Waals surface area contributed by atoms with Crippen molar-refractivity contribution < 1.29 is 4.79 Å². The number of halogens is 1. The van der Waals surface area contributed by atoms with Gasteiger partial charge in [-0.1, -0.05) is 35.9 Å². The van der Waals surface area contributed by atoms with E-state index in [4.69, 9.17) is 11.6 Å². The Morgan fingerprint density at radius 1 is 1.08 bits per heavy atom. The van der Waals surface area contributed by atoms with Crippen LogP contribution in [0.25, 0.3) is 16.9 Å². The summed E-state index contributed by atoms with van der Waals surface area (Å²) in [4.78, 5) is 12.7. The number of benzene rings is 2.